The maximum atomic E-state index is 13.4. The number of rotatable bonds is 5. The van der Waals surface area contributed by atoms with Gasteiger partial charge in [0.25, 0.3) is 0 Å². The average Bonchev–Trinajstić information content (AvgIpc) is 2.83. The van der Waals surface area contributed by atoms with Gasteiger partial charge in [-0.25, -0.2) is 14.1 Å². The number of benzene rings is 1. The highest BCUT2D eigenvalue weighted by molar-refractivity contribution is 5.36. The topological polar surface area (TPSA) is 63.7 Å². The zero-order valence-corrected chi connectivity index (χ0v) is 11.4. The van der Waals surface area contributed by atoms with Gasteiger partial charge < -0.3 is 4.74 Å². The zero-order valence-electron chi connectivity index (χ0n) is 11.4. The van der Waals surface area contributed by atoms with Gasteiger partial charge in [0.1, 0.15) is 30.6 Å². The van der Waals surface area contributed by atoms with Crippen LogP contribution in [0.4, 0.5) is 4.39 Å². The van der Waals surface area contributed by atoms with E-state index in [0.717, 1.165) is 6.54 Å². The molecule has 0 saturated carbocycles. The minimum atomic E-state index is -0.589. The highest BCUT2D eigenvalue weighted by atomic mass is 19.1. The Hall–Kier alpha value is -2.42. The van der Waals surface area contributed by atoms with Crippen LogP contribution < -0.4 is 4.74 Å². The lowest BCUT2D eigenvalue weighted by atomic mass is 10.2. The van der Waals surface area contributed by atoms with Crippen molar-refractivity contribution >= 4 is 0 Å². The second kappa shape index (κ2) is 6.15. The van der Waals surface area contributed by atoms with Crippen molar-refractivity contribution in [3.63, 3.8) is 0 Å². The highest BCUT2D eigenvalue weighted by Gasteiger charge is 2.08. The van der Waals surface area contributed by atoms with E-state index in [9.17, 15) is 4.39 Å². The number of hydrogen-bond donors (Lipinski definition) is 0. The molecule has 0 bridgehead atoms. The number of hydrogen-bond acceptors (Lipinski definition) is 4. The number of nitrogens with zero attached hydrogens (tertiary/aromatic N) is 4. The molecule has 0 aliphatic carbocycles. The fourth-order valence-corrected chi connectivity index (χ4v) is 1.72. The van der Waals surface area contributed by atoms with E-state index in [2.05, 4.69) is 23.9 Å². The summed E-state index contributed by atoms with van der Waals surface area (Å²) in [7, 11) is 0. The quantitative estimate of drug-likeness (QED) is 0.840. The van der Waals surface area contributed by atoms with Crippen LogP contribution >= 0.6 is 0 Å². The summed E-state index contributed by atoms with van der Waals surface area (Å²) in [6.45, 7) is 5.13. The molecule has 2 rings (SSSR count). The second-order valence-electron chi connectivity index (χ2n) is 4.79. The van der Waals surface area contributed by atoms with Crippen LogP contribution in [0, 0.1) is 23.1 Å². The number of halogens is 1. The predicted octanol–water partition coefficient (Wildman–Crippen LogP) is 2.52. The summed E-state index contributed by atoms with van der Waals surface area (Å²) >= 11 is 0. The lowest BCUT2D eigenvalue weighted by Crippen LogP contribution is -2.12. The Labute approximate surface area is 116 Å². The molecule has 0 N–H and O–H groups in total. The Morgan fingerprint density at radius 1 is 1.45 bits per heavy atom. The molecule has 0 radical (unpaired) electrons. The molecule has 20 heavy (non-hydrogen) atoms. The van der Waals surface area contributed by atoms with Gasteiger partial charge in [0, 0.05) is 12.6 Å². The van der Waals surface area contributed by atoms with E-state index < -0.39 is 5.82 Å². The Morgan fingerprint density at radius 2 is 2.25 bits per heavy atom. The van der Waals surface area contributed by atoms with Crippen LogP contribution in [0.1, 0.15) is 25.2 Å². The van der Waals surface area contributed by atoms with E-state index in [1.807, 2.05) is 0 Å². The maximum Gasteiger partial charge on any atom is 0.164 e. The normalized spacial score (nSPS) is 10.6. The molecular weight excluding hydrogens is 259 g/mol. The lowest BCUT2D eigenvalue weighted by molar-refractivity contribution is 0.281. The molecule has 104 valence electrons. The molecule has 1 aromatic carbocycles. The molecule has 0 amide bonds. The molecule has 1 heterocycles. The second-order valence-corrected chi connectivity index (χ2v) is 4.79. The molecule has 1 aromatic heterocycles. The summed E-state index contributed by atoms with van der Waals surface area (Å²) in [6, 6.07) is 5.91. The van der Waals surface area contributed by atoms with Gasteiger partial charge in [0.15, 0.2) is 5.82 Å². The average molecular weight is 274 g/mol. The Balaban J connectivity index is 2.04. The van der Waals surface area contributed by atoms with Crippen LogP contribution in [0.5, 0.6) is 5.75 Å². The van der Waals surface area contributed by atoms with Gasteiger partial charge in [-0.05, 0) is 18.1 Å². The standard InChI is InChI=1S/C14H15FN4O/c1-10(2)7-19-14(17-9-18-19)8-20-12-4-3-11(6-16)13(15)5-12/h3-5,9-10H,7-8H2,1-2H3. The van der Waals surface area contributed by atoms with Gasteiger partial charge in [-0.3, -0.25) is 0 Å². The maximum absolute atomic E-state index is 13.4. The minimum Gasteiger partial charge on any atom is -0.486 e. The van der Waals surface area contributed by atoms with Crippen molar-refractivity contribution in [2.24, 2.45) is 5.92 Å². The smallest absolute Gasteiger partial charge is 0.164 e. The predicted molar refractivity (Wildman–Crippen MR) is 70.3 cm³/mol. The number of nitriles is 1. The molecule has 0 saturated heterocycles. The Bertz CT molecular complexity index is 630. The van der Waals surface area contributed by atoms with Crippen molar-refractivity contribution < 1.29 is 9.13 Å². The first-order valence-electron chi connectivity index (χ1n) is 6.29. The summed E-state index contributed by atoms with van der Waals surface area (Å²) < 4.78 is 20.7. The molecular formula is C14H15FN4O. The van der Waals surface area contributed by atoms with Crippen molar-refractivity contribution in [3.05, 3.63) is 41.7 Å². The van der Waals surface area contributed by atoms with Gasteiger partial charge in [0.2, 0.25) is 0 Å². The Morgan fingerprint density at radius 3 is 2.90 bits per heavy atom. The van der Waals surface area contributed by atoms with Crippen molar-refractivity contribution in [2.45, 2.75) is 27.0 Å². The van der Waals surface area contributed by atoms with Gasteiger partial charge in [-0.1, -0.05) is 13.8 Å². The summed E-state index contributed by atoms with van der Waals surface area (Å²) in [5.74, 6) is 0.903. The first kappa shape index (κ1) is 14.0. The Kier molecular flexibility index (Phi) is 4.31. The van der Waals surface area contributed by atoms with E-state index in [0.29, 0.717) is 17.5 Å². The van der Waals surface area contributed by atoms with E-state index >= 15 is 0 Å². The van der Waals surface area contributed by atoms with Crippen molar-refractivity contribution in [1.29, 1.82) is 5.26 Å². The third-order valence-electron chi connectivity index (χ3n) is 2.66. The number of aromatic nitrogens is 3. The minimum absolute atomic E-state index is 0.000301. The van der Waals surface area contributed by atoms with E-state index in [-0.39, 0.29) is 12.2 Å². The zero-order chi connectivity index (χ0) is 14.5. The summed E-state index contributed by atoms with van der Waals surface area (Å²) in [5.41, 5.74) is 0.000301. The molecule has 0 fully saturated rings. The molecule has 0 unspecified atom stereocenters. The van der Waals surface area contributed by atoms with Crippen LogP contribution in [0.3, 0.4) is 0 Å². The van der Waals surface area contributed by atoms with Crippen LogP contribution in [0.25, 0.3) is 0 Å². The first-order chi connectivity index (χ1) is 9.60. The SMILES string of the molecule is CC(C)Cn1ncnc1COc1ccc(C#N)c(F)c1. The highest BCUT2D eigenvalue weighted by Crippen LogP contribution is 2.17. The first-order valence-corrected chi connectivity index (χ1v) is 6.29. The molecule has 2 aromatic rings. The largest absolute Gasteiger partial charge is 0.486 e. The summed E-state index contributed by atoms with van der Waals surface area (Å²) in [5, 5.41) is 12.8. The lowest BCUT2D eigenvalue weighted by Gasteiger charge is -2.10. The summed E-state index contributed by atoms with van der Waals surface area (Å²) in [6.07, 6.45) is 1.47. The monoisotopic (exact) mass is 274 g/mol. The molecule has 0 atom stereocenters. The summed E-state index contributed by atoms with van der Waals surface area (Å²) in [4.78, 5) is 4.12. The van der Waals surface area contributed by atoms with Crippen molar-refractivity contribution in [1.82, 2.24) is 14.8 Å². The van der Waals surface area contributed by atoms with E-state index in [1.54, 1.807) is 16.8 Å². The number of ether oxygens (including phenoxy) is 1. The van der Waals surface area contributed by atoms with E-state index in [1.165, 1.54) is 18.5 Å². The van der Waals surface area contributed by atoms with Crippen LogP contribution in [-0.2, 0) is 13.2 Å². The van der Waals surface area contributed by atoms with Gasteiger partial charge >= 0.3 is 0 Å². The van der Waals surface area contributed by atoms with E-state index in [4.69, 9.17) is 10.00 Å². The molecule has 5 nitrogen and oxygen atoms in total. The van der Waals surface area contributed by atoms with Gasteiger partial charge in [0.05, 0.1) is 5.56 Å². The van der Waals surface area contributed by atoms with Crippen LogP contribution in [-0.4, -0.2) is 14.8 Å². The van der Waals surface area contributed by atoms with Gasteiger partial charge in [-0.2, -0.15) is 10.4 Å². The van der Waals surface area contributed by atoms with Crippen LogP contribution in [0.15, 0.2) is 24.5 Å². The fourth-order valence-electron chi connectivity index (χ4n) is 1.72. The fraction of sp³-hybridized carbons (Fsp3) is 0.357. The van der Waals surface area contributed by atoms with Gasteiger partial charge in [-0.15, -0.1) is 0 Å². The van der Waals surface area contributed by atoms with Crippen molar-refractivity contribution in [2.75, 3.05) is 0 Å². The third kappa shape index (κ3) is 3.32. The van der Waals surface area contributed by atoms with Crippen molar-refractivity contribution in [3.8, 4) is 11.8 Å². The molecule has 0 aliphatic rings. The molecule has 6 heteroatoms. The molecule has 0 aliphatic heterocycles. The molecule has 0 spiro atoms. The third-order valence-corrected chi connectivity index (χ3v) is 2.66. The van der Waals surface area contributed by atoms with Crippen LogP contribution in [0.2, 0.25) is 0 Å².